The number of hydrogen-bond acceptors (Lipinski definition) is 15. The number of ether oxygens (including phenoxy) is 4. The summed E-state index contributed by atoms with van der Waals surface area (Å²) in [5.41, 5.74) is 0.0497. The van der Waals surface area contributed by atoms with Gasteiger partial charge in [-0.2, -0.15) is 0 Å². The molecule has 2 aliphatic rings. The second kappa shape index (κ2) is 11.9. The lowest BCUT2D eigenvalue weighted by Crippen LogP contribution is -2.61. The van der Waals surface area contributed by atoms with Crippen molar-refractivity contribution in [2.24, 2.45) is 0 Å². The highest BCUT2D eigenvalue weighted by atomic mass is 16.7. The Morgan fingerprint density at radius 2 is 1.42 bits per heavy atom. The third-order valence-electron chi connectivity index (χ3n) is 7.96. The van der Waals surface area contributed by atoms with Crippen LogP contribution in [0, 0.1) is 6.92 Å². The summed E-state index contributed by atoms with van der Waals surface area (Å²) in [4.78, 5) is 12.4. The van der Waals surface area contributed by atoms with Crippen molar-refractivity contribution < 1.29 is 68.6 Å². The van der Waals surface area contributed by atoms with Crippen molar-refractivity contribution in [3.63, 3.8) is 0 Å². The monoisotopic (exact) mass is 632 g/mol. The molecule has 0 aliphatic carbocycles. The number of aromatic hydroxyl groups is 2. The quantitative estimate of drug-likeness (QED) is 0.130. The molecule has 0 bridgehead atoms. The first-order chi connectivity index (χ1) is 21.3. The van der Waals surface area contributed by atoms with Crippen LogP contribution >= 0.6 is 0 Å². The first kappa shape index (κ1) is 31.2. The average molecular weight is 633 g/mol. The smallest absolute Gasteiger partial charge is 0.229 e. The highest BCUT2D eigenvalue weighted by Gasteiger charge is 2.47. The molecule has 45 heavy (non-hydrogen) atoms. The molecule has 15 nitrogen and oxygen atoms in total. The highest BCUT2D eigenvalue weighted by Crippen LogP contribution is 2.44. The maximum Gasteiger partial charge on any atom is 0.229 e. The van der Waals surface area contributed by atoms with E-state index in [0.717, 1.165) is 0 Å². The van der Waals surface area contributed by atoms with E-state index in [4.69, 9.17) is 27.8 Å². The summed E-state index contributed by atoms with van der Waals surface area (Å²) in [5, 5.41) is 83.4. The standard InChI is InChI=1S/C30H32O15/c1-10-5-14-20-17(41-10)7-13(31)8-18(20)43-27(12-3-4-15(32)16(33)6-12)28(14)45-30-26(39)24(37)22(35)19(44-30)9-40-29-25(38)23(36)21(34)11(2)42-29/h3-8,11,19,21-26,29-30,32-39H,9H2,1-2H3/t11-,19+,21-,22+,23+,24-,25+,26+,29+,30-/m0/s1. The Bertz CT molecular complexity index is 1760. The summed E-state index contributed by atoms with van der Waals surface area (Å²) >= 11 is 0. The van der Waals surface area contributed by atoms with Crippen molar-refractivity contribution in [3.05, 3.63) is 52.4 Å². The Kier molecular flexibility index (Phi) is 8.23. The van der Waals surface area contributed by atoms with E-state index in [1.807, 2.05) is 0 Å². The van der Waals surface area contributed by atoms with Crippen LogP contribution in [0.4, 0.5) is 0 Å². The second-order valence-electron chi connectivity index (χ2n) is 11.2. The summed E-state index contributed by atoms with van der Waals surface area (Å²) in [7, 11) is 0. The third kappa shape index (κ3) is 5.63. The predicted octanol–water partition coefficient (Wildman–Crippen LogP) is -0.0437. The summed E-state index contributed by atoms with van der Waals surface area (Å²) in [6, 6.07) is 7.87. The van der Waals surface area contributed by atoms with Gasteiger partial charge < -0.3 is 68.6 Å². The molecule has 0 spiro atoms. The van der Waals surface area contributed by atoms with Gasteiger partial charge in [0.1, 0.15) is 59.7 Å². The van der Waals surface area contributed by atoms with Gasteiger partial charge in [-0.3, -0.25) is 4.79 Å². The van der Waals surface area contributed by atoms with Gasteiger partial charge in [-0.25, -0.2) is 0 Å². The maximum atomic E-state index is 12.4. The molecule has 4 aromatic rings. The van der Waals surface area contributed by atoms with Gasteiger partial charge in [0.05, 0.1) is 18.1 Å². The van der Waals surface area contributed by atoms with Crippen LogP contribution in [-0.2, 0) is 14.2 Å². The molecule has 2 aromatic carbocycles. The SMILES string of the molecule is Cc1cc2c(O[C@@H]3O[C@H](CO[C@@H]4O[C@@H](C)[C@H](O)[C@@H](O)[C@H]4O)[C@@H](O)[C@H](O)[C@H]3O)c(-c3ccc(O)c(O)c3)oc3cc(=O)cc(o1)c32. The van der Waals surface area contributed by atoms with Crippen LogP contribution in [-0.4, -0.2) is 109 Å². The molecule has 0 unspecified atom stereocenters. The third-order valence-corrected chi connectivity index (χ3v) is 7.96. The molecule has 10 atom stereocenters. The first-order valence-electron chi connectivity index (χ1n) is 14.0. The fourth-order valence-corrected chi connectivity index (χ4v) is 5.51. The van der Waals surface area contributed by atoms with E-state index in [-0.39, 0.29) is 28.2 Å². The lowest BCUT2D eigenvalue weighted by Gasteiger charge is -2.42. The molecule has 2 saturated heterocycles. The minimum atomic E-state index is -1.82. The second-order valence-corrected chi connectivity index (χ2v) is 11.2. The molecule has 0 amide bonds. The van der Waals surface area contributed by atoms with E-state index in [9.17, 15) is 45.6 Å². The summed E-state index contributed by atoms with van der Waals surface area (Å²) < 4.78 is 34.8. The maximum absolute atomic E-state index is 12.4. The molecule has 0 saturated carbocycles. The molecule has 0 radical (unpaired) electrons. The average Bonchev–Trinajstić information content (AvgIpc) is 2.99. The molecule has 6 rings (SSSR count). The van der Waals surface area contributed by atoms with Gasteiger partial charge >= 0.3 is 0 Å². The Hall–Kier alpha value is -3.77. The zero-order valence-electron chi connectivity index (χ0n) is 23.9. The number of phenolic OH excluding ortho intramolecular Hbond substituents is 2. The number of aliphatic hydroxyl groups is 6. The number of phenols is 2. The normalized spacial score (nSPS) is 32.3. The minimum Gasteiger partial charge on any atom is -0.504 e. The van der Waals surface area contributed by atoms with Gasteiger partial charge in [-0.15, -0.1) is 0 Å². The van der Waals surface area contributed by atoms with Crippen molar-refractivity contribution in [2.45, 2.75) is 75.3 Å². The fourth-order valence-electron chi connectivity index (χ4n) is 5.51. The van der Waals surface area contributed by atoms with Crippen LogP contribution < -0.4 is 10.2 Å². The van der Waals surface area contributed by atoms with E-state index in [0.29, 0.717) is 16.5 Å². The summed E-state index contributed by atoms with van der Waals surface area (Å²) in [5.74, 6) is -0.658. The van der Waals surface area contributed by atoms with Crippen LogP contribution in [0.25, 0.3) is 33.3 Å². The lowest BCUT2D eigenvalue weighted by molar-refractivity contribution is -0.318. The van der Waals surface area contributed by atoms with E-state index >= 15 is 0 Å². The Morgan fingerprint density at radius 1 is 0.756 bits per heavy atom. The van der Waals surface area contributed by atoms with Gasteiger partial charge in [0, 0.05) is 23.1 Å². The van der Waals surface area contributed by atoms with Crippen LogP contribution in [0.1, 0.15) is 12.7 Å². The number of aliphatic hydroxyl groups excluding tert-OH is 6. The highest BCUT2D eigenvalue weighted by molar-refractivity contribution is 6.09. The molecule has 8 N–H and O–H groups in total. The van der Waals surface area contributed by atoms with Crippen molar-refractivity contribution in [1.29, 1.82) is 0 Å². The van der Waals surface area contributed by atoms with E-state index in [1.54, 1.807) is 13.0 Å². The van der Waals surface area contributed by atoms with Gasteiger partial charge in [-0.05, 0) is 38.1 Å². The minimum absolute atomic E-state index is 0.0558. The molecular weight excluding hydrogens is 600 g/mol. The van der Waals surface area contributed by atoms with Crippen LogP contribution in [0.3, 0.4) is 0 Å². The van der Waals surface area contributed by atoms with E-state index in [1.165, 1.54) is 37.3 Å². The molecular formula is C30H32O15. The van der Waals surface area contributed by atoms with E-state index in [2.05, 4.69) is 0 Å². The molecule has 2 aromatic heterocycles. The molecule has 15 heteroatoms. The number of benzene rings is 2. The Morgan fingerprint density at radius 3 is 2.13 bits per heavy atom. The lowest BCUT2D eigenvalue weighted by atomic mass is 9.98. The van der Waals surface area contributed by atoms with Crippen molar-refractivity contribution >= 4 is 21.9 Å². The van der Waals surface area contributed by atoms with Gasteiger partial charge in [-0.1, -0.05) is 0 Å². The van der Waals surface area contributed by atoms with Gasteiger partial charge in [0.2, 0.25) is 6.29 Å². The van der Waals surface area contributed by atoms with Gasteiger partial charge in [0.25, 0.3) is 0 Å². The van der Waals surface area contributed by atoms with Crippen LogP contribution in [0.2, 0.25) is 0 Å². The number of hydrogen-bond donors (Lipinski definition) is 8. The summed E-state index contributed by atoms with van der Waals surface area (Å²) in [6.07, 6.45) is -15.3. The van der Waals surface area contributed by atoms with Crippen molar-refractivity contribution in [1.82, 2.24) is 0 Å². The van der Waals surface area contributed by atoms with Crippen molar-refractivity contribution in [2.75, 3.05) is 6.61 Å². The first-order valence-corrected chi connectivity index (χ1v) is 14.0. The predicted molar refractivity (Wildman–Crippen MR) is 151 cm³/mol. The number of rotatable bonds is 6. The molecule has 2 aliphatic heterocycles. The number of aryl methyl sites for hydroxylation is 1. The zero-order valence-corrected chi connectivity index (χ0v) is 23.9. The fraction of sp³-hybridized carbons (Fsp3) is 0.433. The van der Waals surface area contributed by atoms with Crippen LogP contribution in [0.5, 0.6) is 17.2 Å². The largest absolute Gasteiger partial charge is 0.504 e. The van der Waals surface area contributed by atoms with Crippen molar-refractivity contribution in [3.8, 4) is 28.6 Å². The van der Waals surface area contributed by atoms with E-state index < -0.39 is 84.9 Å². The summed E-state index contributed by atoms with van der Waals surface area (Å²) in [6.45, 7) is 2.58. The molecule has 4 heterocycles. The molecule has 242 valence electrons. The van der Waals surface area contributed by atoms with Crippen LogP contribution in [0.15, 0.2) is 50.0 Å². The van der Waals surface area contributed by atoms with Gasteiger partial charge in [0.15, 0.2) is 34.7 Å². The molecule has 2 fully saturated rings. The zero-order chi connectivity index (χ0) is 32.3. The Balaban J connectivity index is 1.38. The topological polar surface area (TPSA) is 242 Å². The Labute approximate surface area is 253 Å².